The van der Waals surface area contributed by atoms with Crippen LogP contribution in [0, 0.1) is 0 Å². The van der Waals surface area contributed by atoms with Crippen molar-refractivity contribution in [2.45, 2.75) is 32.9 Å². The van der Waals surface area contributed by atoms with Crippen LogP contribution in [0.4, 0.5) is 18.9 Å². The molecule has 1 N–H and O–H groups in total. The van der Waals surface area contributed by atoms with Crippen LogP contribution >= 0.6 is 0 Å². The van der Waals surface area contributed by atoms with Crippen LogP contribution in [0.15, 0.2) is 24.3 Å². The highest BCUT2D eigenvalue weighted by atomic mass is 19.4. The zero-order chi connectivity index (χ0) is 15.9. The first-order valence-corrected chi connectivity index (χ1v) is 7.08. The number of rotatable bonds is 7. The Morgan fingerprint density at radius 1 is 1.14 bits per heavy atom. The van der Waals surface area contributed by atoms with E-state index in [2.05, 4.69) is 5.32 Å². The van der Waals surface area contributed by atoms with E-state index >= 15 is 0 Å². The Morgan fingerprint density at radius 2 is 1.71 bits per heavy atom. The van der Waals surface area contributed by atoms with Gasteiger partial charge in [-0.3, -0.25) is 4.79 Å². The number of hydrogen-bond donors (Lipinski definition) is 1. The number of amides is 1. The van der Waals surface area contributed by atoms with Crippen molar-refractivity contribution < 1.29 is 18.0 Å². The molecule has 21 heavy (non-hydrogen) atoms. The standard InChI is InChI=1S/C15H21F3N2O/c1-3-9-20(10-4-2)14(21)11-19-13-8-6-5-7-12(13)15(16,17)18/h5-8,19H,3-4,9-11H2,1-2H3. The number of carbonyl (C=O) groups excluding carboxylic acids is 1. The lowest BCUT2D eigenvalue weighted by molar-refractivity contribution is -0.137. The lowest BCUT2D eigenvalue weighted by Gasteiger charge is -2.22. The minimum absolute atomic E-state index is 0.0636. The molecule has 0 spiro atoms. The van der Waals surface area contributed by atoms with Gasteiger partial charge in [0, 0.05) is 18.8 Å². The molecule has 6 heteroatoms. The number of para-hydroxylation sites is 1. The van der Waals surface area contributed by atoms with Gasteiger partial charge in [0.2, 0.25) is 5.91 Å². The van der Waals surface area contributed by atoms with Crippen LogP contribution in [0.25, 0.3) is 0 Å². The van der Waals surface area contributed by atoms with Crippen molar-refractivity contribution in [2.24, 2.45) is 0 Å². The molecule has 0 aliphatic heterocycles. The quantitative estimate of drug-likeness (QED) is 0.831. The predicted molar refractivity (Wildman–Crippen MR) is 77.1 cm³/mol. The summed E-state index contributed by atoms with van der Waals surface area (Å²) in [4.78, 5) is 13.7. The van der Waals surface area contributed by atoms with E-state index < -0.39 is 11.7 Å². The third-order valence-electron chi connectivity index (χ3n) is 3.00. The molecule has 0 aliphatic carbocycles. The van der Waals surface area contributed by atoms with Crippen LogP contribution < -0.4 is 5.32 Å². The number of alkyl halides is 3. The summed E-state index contributed by atoms with van der Waals surface area (Å²) >= 11 is 0. The number of benzene rings is 1. The Morgan fingerprint density at radius 3 is 2.24 bits per heavy atom. The van der Waals surface area contributed by atoms with Crippen molar-refractivity contribution in [1.29, 1.82) is 0 Å². The van der Waals surface area contributed by atoms with E-state index in [0.29, 0.717) is 13.1 Å². The van der Waals surface area contributed by atoms with Crippen molar-refractivity contribution in [2.75, 3.05) is 25.0 Å². The summed E-state index contributed by atoms with van der Waals surface area (Å²) in [6, 6.07) is 5.18. The fourth-order valence-corrected chi connectivity index (χ4v) is 2.07. The highest BCUT2D eigenvalue weighted by Crippen LogP contribution is 2.34. The Bertz CT molecular complexity index is 454. The average molecular weight is 302 g/mol. The smallest absolute Gasteiger partial charge is 0.376 e. The highest BCUT2D eigenvalue weighted by Gasteiger charge is 2.33. The minimum atomic E-state index is -4.43. The van der Waals surface area contributed by atoms with E-state index in [0.717, 1.165) is 18.9 Å². The third kappa shape index (κ3) is 5.28. The first kappa shape index (κ1) is 17.3. The van der Waals surface area contributed by atoms with Gasteiger partial charge in [0.15, 0.2) is 0 Å². The van der Waals surface area contributed by atoms with Crippen LogP contribution in [0.5, 0.6) is 0 Å². The Hall–Kier alpha value is -1.72. The molecule has 0 radical (unpaired) electrons. The van der Waals surface area contributed by atoms with Crippen LogP contribution in [0.1, 0.15) is 32.3 Å². The summed E-state index contributed by atoms with van der Waals surface area (Å²) in [5, 5.41) is 2.61. The Kier molecular flexibility index (Phi) is 6.52. The molecule has 118 valence electrons. The van der Waals surface area contributed by atoms with Crippen molar-refractivity contribution >= 4 is 11.6 Å². The van der Waals surface area contributed by atoms with Crippen molar-refractivity contribution in [3.05, 3.63) is 29.8 Å². The van der Waals surface area contributed by atoms with Gasteiger partial charge in [0.05, 0.1) is 12.1 Å². The molecule has 1 amide bonds. The minimum Gasteiger partial charge on any atom is -0.376 e. The van der Waals surface area contributed by atoms with Gasteiger partial charge in [0.1, 0.15) is 0 Å². The summed E-state index contributed by atoms with van der Waals surface area (Å²) in [5.74, 6) is -0.185. The fraction of sp³-hybridized carbons (Fsp3) is 0.533. The number of hydrogen-bond acceptors (Lipinski definition) is 2. The summed E-state index contributed by atoms with van der Waals surface area (Å²) in [5.41, 5.74) is -0.818. The molecular weight excluding hydrogens is 281 g/mol. The number of nitrogens with one attached hydrogen (secondary N) is 1. The van der Waals surface area contributed by atoms with Gasteiger partial charge in [0.25, 0.3) is 0 Å². The van der Waals surface area contributed by atoms with E-state index in [-0.39, 0.29) is 18.1 Å². The molecule has 0 saturated heterocycles. The molecule has 0 bridgehead atoms. The van der Waals surface area contributed by atoms with Gasteiger partial charge >= 0.3 is 6.18 Å². The van der Waals surface area contributed by atoms with Crippen LogP contribution in [0.3, 0.4) is 0 Å². The molecule has 0 aliphatic rings. The van der Waals surface area contributed by atoms with E-state index in [4.69, 9.17) is 0 Å². The van der Waals surface area contributed by atoms with E-state index in [9.17, 15) is 18.0 Å². The highest BCUT2D eigenvalue weighted by molar-refractivity contribution is 5.81. The second-order valence-electron chi connectivity index (χ2n) is 4.78. The van der Waals surface area contributed by atoms with Gasteiger partial charge < -0.3 is 10.2 Å². The lowest BCUT2D eigenvalue weighted by Crippen LogP contribution is -2.36. The monoisotopic (exact) mass is 302 g/mol. The molecule has 1 aromatic carbocycles. The van der Waals surface area contributed by atoms with Crippen molar-refractivity contribution in [1.82, 2.24) is 4.90 Å². The van der Waals surface area contributed by atoms with Crippen molar-refractivity contribution in [3.63, 3.8) is 0 Å². The molecule has 3 nitrogen and oxygen atoms in total. The van der Waals surface area contributed by atoms with Gasteiger partial charge in [-0.25, -0.2) is 0 Å². The summed E-state index contributed by atoms with van der Waals surface area (Å²) in [6.07, 6.45) is -2.78. The topological polar surface area (TPSA) is 32.3 Å². The number of anilines is 1. The van der Waals surface area contributed by atoms with Gasteiger partial charge in [-0.15, -0.1) is 0 Å². The largest absolute Gasteiger partial charge is 0.418 e. The van der Waals surface area contributed by atoms with E-state index in [1.54, 1.807) is 4.90 Å². The lowest BCUT2D eigenvalue weighted by atomic mass is 10.1. The normalized spacial score (nSPS) is 11.3. The average Bonchev–Trinajstić information content (AvgIpc) is 2.44. The number of nitrogens with zero attached hydrogens (tertiary/aromatic N) is 1. The van der Waals surface area contributed by atoms with Crippen molar-refractivity contribution in [3.8, 4) is 0 Å². The van der Waals surface area contributed by atoms with Crippen LogP contribution in [0.2, 0.25) is 0 Å². The molecule has 0 fully saturated rings. The predicted octanol–water partition coefficient (Wildman–Crippen LogP) is 3.77. The SMILES string of the molecule is CCCN(CCC)C(=O)CNc1ccccc1C(F)(F)F. The maximum Gasteiger partial charge on any atom is 0.418 e. The molecule has 0 unspecified atom stereocenters. The molecule has 1 aromatic rings. The Labute approximate surface area is 123 Å². The third-order valence-corrected chi connectivity index (χ3v) is 3.00. The molecule has 1 rings (SSSR count). The van der Waals surface area contributed by atoms with E-state index in [1.807, 2.05) is 13.8 Å². The van der Waals surface area contributed by atoms with Gasteiger partial charge in [-0.2, -0.15) is 13.2 Å². The molecular formula is C15H21F3N2O. The summed E-state index contributed by atoms with van der Waals surface area (Å²) in [6.45, 7) is 5.03. The van der Waals surface area contributed by atoms with Gasteiger partial charge in [-0.1, -0.05) is 26.0 Å². The number of carbonyl (C=O) groups is 1. The maximum absolute atomic E-state index is 12.8. The zero-order valence-electron chi connectivity index (χ0n) is 12.3. The van der Waals surface area contributed by atoms with Crippen LogP contribution in [-0.2, 0) is 11.0 Å². The molecule has 0 heterocycles. The Balaban J connectivity index is 2.73. The zero-order valence-corrected chi connectivity index (χ0v) is 12.3. The second kappa shape index (κ2) is 7.90. The first-order chi connectivity index (χ1) is 9.90. The summed E-state index contributed by atoms with van der Waals surface area (Å²) in [7, 11) is 0. The number of halogens is 3. The molecule has 0 saturated carbocycles. The first-order valence-electron chi connectivity index (χ1n) is 7.08. The molecule has 0 atom stereocenters. The second-order valence-corrected chi connectivity index (χ2v) is 4.78. The fourth-order valence-electron chi connectivity index (χ4n) is 2.07. The van der Waals surface area contributed by atoms with E-state index in [1.165, 1.54) is 18.2 Å². The van der Waals surface area contributed by atoms with Gasteiger partial charge in [-0.05, 0) is 25.0 Å². The van der Waals surface area contributed by atoms with Crippen LogP contribution in [-0.4, -0.2) is 30.4 Å². The summed E-state index contributed by atoms with van der Waals surface area (Å²) < 4.78 is 38.5. The molecule has 0 aromatic heterocycles. The maximum atomic E-state index is 12.8.